The molecule has 1 saturated heterocycles. The van der Waals surface area contributed by atoms with Gasteiger partial charge in [-0.1, -0.05) is 12.1 Å². The number of halogens is 3. The molecule has 1 amide bonds. The highest BCUT2D eigenvalue weighted by molar-refractivity contribution is 5.82. The summed E-state index contributed by atoms with van der Waals surface area (Å²) in [7, 11) is 1.31. The number of methoxy groups -OCH3 is 1. The summed E-state index contributed by atoms with van der Waals surface area (Å²) in [5, 5.41) is 11.0. The average Bonchev–Trinajstić information content (AvgIpc) is 2.52. The molecule has 0 atom stereocenters. The van der Waals surface area contributed by atoms with Crippen molar-refractivity contribution in [2.24, 2.45) is 0 Å². The van der Waals surface area contributed by atoms with Crippen LogP contribution >= 0.6 is 0 Å². The van der Waals surface area contributed by atoms with Gasteiger partial charge in [-0.3, -0.25) is 14.9 Å². The molecule has 1 aromatic carbocycles. The Hall–Kier alpha value is -2.32. The Morgan fingerprint density at radius 1 is 1.35 bits per heavy atom. The first-order chi connectivity index (χ1) is 10.8. The molecule has 2 rings (SSSR count). The molecule has 0 N–H and O–H groups in total. The normalized spacial score (nSPS) is 16.3. The van der Waals surface area contributed by atoms with Gasteiger partial charge in [-0.15, -0.1) is 0 Å². The number of piperidine rings is 1. The Labute approximate surface area is 130 Å². The summed E-state index contributed by atoms with van der Waals surface area (Å²) in [6.07, 6.45) is -4.30. The number of nitro benzene ring substituents is 1. The Balaban J connectivity index is 2.16. The van der Waals surface area contributed by atoms with E-state index in [0.29, 0.717) is 18.4 Å². The van der Waals surface area contributed by atoms with Gasteiger partial charge in [0.2, 0.25) is 0 Å². The molecule has 0 bridgehead atoms. The highest BCUT2D eigenvalue weighted by Crippen LogP contribution is 2.39. The topological polar surface area (TPSA) is 72.7 Å². The number of carbonyl (C=O) groups is 1. The molecule has 0 radical (unpaired) electrons. The van der Waals surface area contributed by atoms with Crippen LogP contribution in [0.2, 0.25) is 0 Å². The molecule has 6 nitrogen and oxygen atoms in total. The Kier molecular flexibility index (Phi) is 4.76. The van der Waals surface area contributed by atoms with E-state index in [-0.39, 0.29) is 30.4 Å². The van der Waals surface area contributed by atoms with Crippen molar-refractivity contribution in [2.75, 3.05) is 20.2 Å². The van der Waals surface area contributed by atoms with Crippen molar-refractivity contribution < 1.29 is 27.6 Å². The number of ether oxygens (including phenoxy) is 1. The van der Waals surface area contributed by atoms with Crippen LogP contribution in [0.3, 0.4) is 0 Å². The van der Waals surface area contributed by atoms with Crippen LogP contribution in [0.15, 0.2) is 18.2 Å². The van der Waals surface area contributed by atoms with Crippen LogP contribution in [0.4, 0.5) is 18.9 Å². The molecule has 0 saturated carbocycles. The monoisotopic (exact) mass is 332 g/mol. The van der Waals surface area contributed by atoms with Crippen molar-refractivity contribution in [1.82, 2.24) is 4.90 Å². The number of amides is 1. The van der Waals surface area contributed by atoms with Crippen LogP contribution in [-0.4, -0.2) is 42.1 Å². The maximum atomic E-state index is 12.4. The number of rotatable bonds is 3. The molecular weight excluding hydrogens is 317 g/mol. The summed E-state index contributed by atoms with van der Waals surface area (Å²) in [6, 6.07) is 4.49. The van der Waals surface area contributed by atoms with Crippen LogP contribution in [0.25, 0.3) is 0 Å². The lowest BCUT2D eigenvalue weighted by Gasteiger charge is -2.32. The maximum Gasteiger partial charge on any atom is 0.471 e. The summed E-state index contributed by atoms with van der Waals surface area (Å²) in [6.45, 7) is -0.0935. The summed E-state index contributed by atoms with van der Waals surface area (Å²) >= 11 is 0. The van der Waals surface area contributed by atoms with E-state index >= 15 is 0 Å². The second-order valence-electron chi connectivity index (χ2n) is 5.22. The number of hydrogen-bond donors (Lipinski definition) is 0. The van der Waals surface area contributed by atoms with Gasteiger partial charge in [0.15, 0.2) is 5.75 Å². The molecule has 1 fully saturated rings. The molecule has 1 aliphatic heterocycles. The minimum Gasteiger partial charge on any atom is -0.490 e. The predicted octanol–water partition coefficient (Wildman–Crippen LogP) is 2.87. The lowest BCUT2D eigenvalue weighted by atomic mass is 9.88. The Morgan fingerprint density at radius 2 is 1.96 bits per heavy atom. The number of carbonyl (C=O) groups excluding carboxylic acids is 1. The van der Waals surface area contributed by atoms with Gasteiger partial charge >= 0.3 is 17.8 Å². The standard InChI is InChI=1S/C14H15F3N2O4/c1-23-12-10(3-2-4-11(12)19(21)22)9-5-7-18(8-6-9)13(20)14(15,16)17/h2-4,9H,5-8H2,1H3. The molecule has 0 aromatic heterocycles. The van der Waals surface area contributed by atoms with E-state index in [0.717, 1.165) is 4.90 Å². The molecule has 1 aromatic rings. The summed E-state index contributed by atoms with van der Waals surface area (Å²) in [5.74, 6) is -1.91. The largest absolute Gasteiger partial charge is 0.490 e. The summed E-state index contributed by atoms with van der Waals surface area (Å²) in [5.41, 5.74) is 0.402. The second-order valence-corrected chi connectivity index (χ2v) is 5.22. The van der Waals surface area contributed by atoms with Crippen molar-refractivity contribution in [3.63, 3.8) is 0 Å². The summed E-state index contributed by atoms with van der Waals surface area (Å²) < 4.78 is 42.4. The lowest BCUT2D eigenvalue weighted by molar-refractivity contribution is -0.385. The zero-order valence-electron chi connectivity index (χ0n) is 12.3. The van der Waals surface area contributed by atoms with Gasteiger partial charge in [-0.25, -0.2) is 0 Å². The third kappa shape index (κ3) is 3.54. The molecule has 126 valence electrons. The number of nitro groups is 1. The van der Waals surface area contributed by atoms with Crippen LogP contribution in [-0.2, 0) is 4.79 Å². The molecule has 0 unspecified atom stereocenters. The van der Waals surface area contributed by atoms with Gasteiger partial charge in [0, 0.05) is 24.7 Å². The molecule has 9 heteroatoms. The number of alkyl halides is 3. The highest BCUT2D eigenvalue weighted by atomic mass is 19.4. The van der Waals surface area contributed by atoms with Gasteiger partial charge in [-0.05, 0) is 18.8 Å². The molecule has 0 spiro atoms. The molecular formula is C14H15F3N2O4. The van der Waals surface area contributed by atoms with E-state index in [1.54, 1.807) is 6.07 Å². The Bertz CT molecular complexity index is 611. The molecule has 23 heavy (non-hydrogen) atoms. The third-order valence-corrected chi connectivity index (χ3v) is 3.89. The number of nitrogens with zero attached hydrogens (tertiary/aromatic N) is 2. The van der Waals surface area contributed by atoms with Crippen LogP contribution < -0.4 is 4.74 Å². The van der Waals surface area contributed by atoms with Crippen molar-refractivity contribution in [3.05, 3.63) is 33.9 Å². The van der Waals surface area contributed by atoms with E-state index in [1.807, 2.05) is 0 Å². The van der Waals surface area contributed by atoms with Gasteiger partial charge in [0.05, 0.1) is 12.0 Å². The first kappa shape index (κ1) is 17.0. The van der Waals surface area contributed by atoms with Gasteiger partial charge in [0.1, 0.15) is 0 Å². The van der Waals surface area contributed by atoms with Crippen molar-refractivity contribution in [1.29, 1.82) is 0 Å². The third-order valence-electron chi connectivity index (χ3n) is 3.89. The van der Waals surface area contributed by atoms with Crippen LogP contribution in [0.1, 0.15) is 24.3 Å². The van der Waals surface area contributed by atoms with E-state index in [4.69, 9.17) is 4.74 Å². The minimum absolute atomic E-state index is 0.0468. The fourth-order valence-electron chi connectivity index (χ4n) is 2.80. The van der Waals surface area contributed by atoms with Crippen molar-refractivity contribution >= 4 is 11.6 Å². The fraction of sp³-hybridized carbons (Fsp3) is 0.500. The zero-order valence-corrected chi connectivity index (χ0v) is 12.3. The first-order valence-corrected chi connectivity index (χ1v) is 6.93. The molecule has 1 heterocycles. The molecule has 0 aliphatic carbocycles. The maximum absolute atomic E-state index is 12.4. The number of benzene rings is 1. The van der Waals surface area contributed by atoms with E-state index in [1.165, 1.54) is 19.2 Å². The van der Waals surface area contributed by atoms with Gasteiger partial charge < -0.3 is 9.64 Å². The van der Waals surface area contributed by atoms with Gasteiger partial charge in [0.25, 0.3) is 0 Å². The van der Waals surface area contributed by atoms with Gasteiger partial charge in [-0.2, -0.15) is 13.2 Å². The Morgan fingerprint density at radius 3 is 2.43 bits per heavy atom. The van der Waals surface area contributed by atoms with E-state index in [9.17, 15) is 28.1 Å². The SMILES string of the molecule is COc1c(C2CCN(C(=O)C(F)(F)F)CC2)cccc1[N+](=O)[O-]. The molecule has 1 aliphatic rings. The average molecular weight is 332 g/mol. The quantitative estimate of drug-likeness (QED) is 0.630. The second kappa shape index (κ2) is 6.43. The minimum atomic E-state index is -4.88. The first-order valence-electron chi connectivity index (χ1n) is 6.93. The van der Waals surface area contributed by atoms with E-state index < -0.39 is 17.0 Å². The number of para-hydroxylation sites is 1. The number of likely N-dealkylation sites (tertiary alicyclic amines) is 1. The number of hydrogen-bond acceptors (Lipinski definition) is 4. The predicted molar refractivity (Wildman–Crippen MR) is 74.3 cm³/mol. The summed E-state index contributed by atoms with van der Waals surface area (Å²) in [4.78, 5) is 22.4. The van der Waals surface area contributed by atoms with Crippen molar-refractivity contribution in [2.45, 2.75) is 24.9 Å². The lowest BCUT2D eigenvalue weighted by Crippen LogP contribution is -2.45. The van der Waals surface area contributed by atoms with Crippen molar-refractivity contribution in [3.8, 4) is 5.75 Å². The smallest absolute Gasteiger partial charge is 0.471 e. The zero-order chi connectivity index (χ0) is 17.2. The highest BCUT2D eigenvalue weighted by Gasteiger charge is 2.43. The van der Waals surface area contributed by atoms with Crippen LogP contribution in [0, 0.1) is 10.1 Å². The van der Waals surface area contributed by atoms with Crippen LogP contribution in [0.5, 0.6) is 5.75 Å². The van der Waals surface area contributed by atoms with E-state index in [2.05, 4.69) is 0 Å². The fourth-order valence-corrected chi connectivity index (χ4v) is 2.80.